The van der Waals surface area contributed by atoms with E-state index in [1.807, 2.05) is 0 Å². The zero-order valence-electron chi connectivity index (χ0n) is 9.11. The van der Waals surface area contributed by atoms with Gasteiger partial charge in [0.1, 0.15) is 0 Å². The summed E-state index contributed by atoms with van der Waals surface area (Å²) in [7, 11) is 1.46. The first kappa shape index (κ1) is 10.9. The SMILES string of the molecule is COC(=O)C1CCC(C2OCCO2)CC1. The Labute approximate surface area is 89.9 Å². The van der Waals surface area contributed by atoms with E-state index in [0.717, 1.165) is 25.7 Å². The number of hydrogen-bond donors (Lipinski definition) is 0. The molecule has 0 aromatic heterocycles. The highest BCUT2D eigenvalue weighted by molar-refractivity contribution is 5.72. The Kier molecular flexibility index (Phi) is 3.59. The molecule has 1 aliphatic carbocycles. The molecule has 86 valence electrons. The van der Waals surface area contributed by atoms with Gasteiger partial charge in [-0.3, -0.25) is 4.79 Å². The lowest BCUT2D eigenvalue weighted by atomic mass is 9.81. The Morgan fingerprint density at radius 1 is 1.13 bits per heavy atom. The van der Waals surface area contributed by atoms with Crippen molar-refractivity contribution in [2.45, 2.75) is 32.0 Å². The Hall–Kier alpha value is -0.610. The van der Waals surface area contributed by atoms with Gasteiger partial charge in [0.25, 0.3) is 0 Å². The summed E-state index contributed by atoms with van der Waals surface area (Å²) < 4.78 is 15.7. The van der Waals surface area contributed by atoms with Crippen molar-refractivity contribution in [3.63, 3.8) is 0 Å². The third-order valence-corrected chi connectivity index (χ3v) is 3.34. The van der Waals surface area contributed by atoms with Crippen LogP contribution in [0.4, 0.5) is 0 Å². The Bertz CT molecular complexity index is 215. The second-order valence-corrected chi connectivity index (χ2v) is 4.24. The minimum Gasteiger partial charge on any atom is -0.469 e. The summed E-state index contributed by atoms with van der Waals surface area (Å²) in [6.07, 6.45) is 3.79. The summed E-state index contributed by atoms with van der Waals surface area (Å²) in [4.78, 5) is 11.3. The molecule has 4 heteroatoms. The van der Waals surface area contributed by atoms with E-state index in [0.29, 0.717) is 19.1 Å². The van der Waals surface area contributed by atoms with Gasteiger partial charge in [-0.1, -0.05) is 0 Å². The molecule has 0 spiro atoms. The maximum Gasteiger partial charge on any atom is 0.308 e. The van der Waals surface area contributed by atoms with Gasteiger partial charge in [0, 0.05) is 5.92 Å². The normalized spacial score (nSPS) is 32.9. The number of rotatable bonds is 2. The molecule has 2 fully saturated rings. The predicted octanol–water partition coefficient (Wildman–Crippen LogP) is 1.34. The third-order valence-electron chi connectivity index (χ3n) is 3.34. The van der Waals surface area contributed by atoms with Crippen LogP contribution in [0, 0.1) is 11.8 Å². The molecular weight excluding hydrogens is 196 g/mol. The molecule has 0 atom stereocenters. The molecule has 1 aliphatic heterocycles. The van der Waals surface area contributed by atoms with Crippen molar-refractivity contribution in [2.24, 2.45) is 11.8 Å². The van der Waals surface area contributed by atoms with Gasteiger partial charge in [0.2, 0.25) is 0 Å². The van der Waals surface area contributed by atoms with Crippen LogP contribution in [0.1, 0.15) is 25.7 Å². The van der Waals surface area contributed by atoms with Gasteiger partial charge < -0.3 is 14.2 Å². The molecule has 0 radical (unpaired) electrons. The molecule has 0 amide bonds. The zero-order valence-corrected chi connectivity index (χ0v) is 9.11. The lowest BCUT2D eigenvalue weighted by molar-refractivity contribution is -0.149. The molecule has 2 rings (SSSR count). The fourth-order valence-electron chi connectivity index (χ4n) is 2.44. The Morgan fingerprint density at radius 2 is 1.73 bits per heavy atom. The molecule has 15 heavy (non-hydrogen) atoms. The third kappa shape index (κ3) is 2.49. The van der Waals surface area contributed by atoms with E-state index in [4.69, 9.17) is 14.2 Å². The number of methoxy groups -OCH3 is 1. The van der Waals surface area contributed by atoms with Crippen molar-refractivity contribution >= 4 is 5.97 Å². The average molecular weight is 214 g/mol. The van der Waals surface area contributed by atoms with Gasteiger partial charge in [-0.15, -0.1) is 0 Å². The highest BCUT2D eigenvalue weighted by atomic mass is 16.7. The van der Waals surface area contributed by atoms with Gasteiger partial charge in [-0.05, 0) is 25.7 Å². The average Bonchev–Trinajstić information content (AvgIpc) is 2.82. The van der Waals surface area contributed by atoms with E-state index in [2.05, 4.69) is 0 Å². The number of esters is 1. The lowest BCUT2D eigenvalue weighted by Gasteiger charge is -2.29. The Balaban J connectivity index is 1.78. The minimum absolute atomic E-state index is 0.0244. The van der Waals surface area contributed by atoms with Crippen LogP contribution in [-0.4, -0.2) is 32.6 Å². The quantitative estimate of drug-likeness (QED) is 0.651. The fraction of sp³-hybridized carbons (Fsp3) is 0.909. The second kappa shape index (κ2) is 4.94. The van der Waals surface area contributed by atoms with Gasteiger partial charge >= 0.3 is 5.97 Å². The van der Waals surface area contributed by atoms with E-state index in [9.17, 15) is 4.79 Å². The highest BCUT2D eigenvalue weighted by Crippen LogP contribution is 2.33. The summed E-state index contributed by atoms with van der Waals surface area (Å²) in [6, 6.07) is 0. The van der Waals surface area contributed by atoms with E-state index in [-0.39, 0.29) is 18.2 Å². The van der Waals surface area contributed by atoms with Crippen LogP contribution in [-0.2, 0) is 19.0 Å². The molecule has 1 saturated heterocycles. The van der Waals surface area contributed by atoms with Gasteiger partial charge in [-0.2, -0.15) is 0 Å². The molecule has 4 nitrogen and oxygen atoms in total. The summed E-state index contributed by atoms with van der Waals surface area (Å²) in [5.41, 5.74) is 0. The largest absolute Gasteiger partial charge is 0.469 e. The van der Waals surface area contributed by atoms with Crippen LogP contribution in [0.25, 0.3) is 0 Å². The summed E-state index contributed by atoms with van der Waals surface area (Å²) in [5.74, 6) is 0.489. The molecule has 0 aromatic rings. The number of ether oxygens (including phenoxy) is 3. The van der Waals surface area contributed by atoms with Crippen LogP contribution < -0.4 is 0 Å². The zero-order chi connectivity index (χ0) is 10.7. The van der Waals surface area contributed by atoms with Crippen LogP contribution in [0.15, 0.2) is 0 Å². The molecule has 0 unspecified atom stereocenters. The van der Waals surface area contributed by atoms with Crippen molar-refractivity contribution in [1.29, 1.82) is 0 Å². The predicted molar refractivity (Wildman–Crippen MR) is 53.2 cm³/mol. The van der Waals surface area contributed by atoms with Crippen molar-refractivity contribution in [3.05, 3.63) is 0 Å². The van der Waals surface area contributed by atoms with E-state index in [1.165, 1.54) is 7.11 Å². The molecule has 1 saturated carbocycles. The van der Waals surface area contributed by atoms with E-state index in [1.54, 1.807) is 0 Å². The molecule has 1 heterocycles. The minimum atomic E-state index is -0.0679. The molecular formula is C11H18O4. The molecule has 0 aromatic carbocycles. The Morgan fingerprint density at radius 3 is 2.27 bits per heavy atom. The van der Waals surface area contributed by atoms with E-state index < -0.39 is 0 Å². The number of carbonyl (C=O) groups excluding carboxylic acids is 1. The van der Waals surface area contributed by atoms with Crippen LogP contribution in [0.3, 0.4) is 0 Å². The van der Waals surface area contributed by atoms with Crippen molar-refractivity contribution < 1.29 is 19.0 Å². The smallest absolute Gasteiger partial charge is 0.308 e. The van der Waals surface area contributed by atoms with Crippen molar-refractivity contribution in [2.75, 3.05) is 20.3 Å². The molecule has 0 bridgehead atoms. The first-order chi connectivity index (χ1) is 7.31. The van der Waals surface area contributed by atoms with Crippen LogP contribution in [0.2, 0.25) is 0 Å². The lowest BCUT2D eigenvalue weighted by Crippen LogP contribution is -2.29. The monoisotopic (exact) mass is 214 g/mol. The summed E-state index contributed by atoms with van der Waals surface area (Å²) in [5, 5.41) is 0. The second-order valence-electron chi connectivity index (χ2n) is 4.24. The topological polar surface area (TPSA) is 44.8 Å². The van der Waals surface area contributed by atoms with Crippen molar-refractivity contribution in [1.82, 2.24) is 0 Å². The maximum absolute atomic E-state index is 11.3. The van der Waals surface area contributed by atoms with Crippen LogP contribution >= 0.6 is 0 Å². The summed E-state index contributed by atoms with van der Waals surface area (Å²) >= 11 is 0. The molecule has 0 N–H and O–H groups in total. The highest BCUT2D eigenvalue weighted by Gasteiger charge is 2.33. The van der Waals surface area contributed by atoms with Crippen molar-refractivity contribution in [3.8, 4) is 0 Å². The van der Waals surface area contributed by atoms with Gasteiger partial charge in [0.05, 0.1) is 26.2 Å². The first-order valence-electron chi connectivity index (χ1n) is 5.62. The summed E-state index contributed by atoms with van der Waals surface area (Å²) in [6.45, 7) is 1.42. The first-order valence-corrected chi connectivity index (χ1v) is 5.62. The molecule has 2 aliphatic rings. The van der Waals surface area contributed by atoms with Gasteiger partial charge in [0.15, 0.2) is 6.29 Å². The number of carbonyl (C=O) groups is 1. The fourth-order valence-corrected chi connectivity index (χ4v) is 2.44. The number of hydrogen-bond acceptors (Lipinski definition) is 4. The standard InChI is InChI=1S/C11H18O4/c1-13-10(12)8-2-4-9(5-3-8)11-14-6-7-15-11/h8-9,11H,2-7H2,1H3. The van der Waals surface area contributed by atoms with E-state index >= 15 is 0 Å². The maximum atomic E-state index is 11.3. The van der Waals surface area contributed by atoms with Crippen LogP contribution in [0.5, 0.6) is 0 Å². The van der Waals surface area contributed by atoms with Gasteiger partial charge in [-0.25, -0.2) is 0 Å².